The van der Waals surface area contributed by atoms with Crippen LogP contribution in [0, 0.1) is 19.7 Å². The number of carbonyl (C=O) groups excluding carboxylic acids is 2. The lowest BCUT2D eigenvalue weighted by Gasteiger charge is -2.14. The molecule has 2 aromatic carbocycles. The summed E-state index contributed by atoms with van der Waals surface area (Å²) in [7, 11) is 0. The van der Waals surface area contributed by atoms with Crippen molar-refractivity contribution in [2.45, 2.75) is 33.4 Å². The van der Waals surface area contributed by atoms with Crippen molar-refractivity contribution >= 4 is 23.5 Å². The molecule has 31 heavy (non-hydrogen) atoms. The van der Waals surface area contributed by atoms with Crippen LogP contribution in [0.25, 0.3) is 0 Å². The van der Waals surface area contributed by atoms with Gasteiger partial charge in [0.2, 0.25) is 0 Å². The third kappa shape index (κ3) is 5.70. The van der Waals surface area contributed by atoms with Crippen LogP contribution >= 0.6 is 11.6 Å². The van der Waals surface area contributed by atoms with Crippen LogP contribution in [0.1, 0.15) is 45.7 Å². The van der Waals surface area contributed by atoms with Crippen molar-refractivity contribution < 1.29 is 18.7 Å². The molecule has 1 unspecified atom stereocenters. The molecule has 0 saturated carbocycles. The Morgan fingerprint density at radius 2 is 1.77 bits per heavy atom. The zero-order valence-electron chi connectivity index (χ0n) is 17.5. The number of hydrogen-bond acceptors (Lipinski definition) is 4. The standard InChI is InChI=1S/C23H23ClFN3O3/c1-14-4-6-17(7-5-14)12-28-22(24)21(16(3)27-28)23(30)31-13-20(29)26-15(2)18-8-10-19(25)11-9-18/h4-11,15H,12-13H2,1-3H3,(H,26,29). The Bertz CT molecular complexity index is 1080. The number of carbonyl (C=O) groups is 2. The first-order valence-electron chi connectivity index (χ1n) is 9.75. The van der Waals surface area contributed by atoms with Crippen molar-refractivity contribution in [1.29, 1.82) is 0 Å². The summed E-state index contributed by atoms with van der Waals surface area (Å²) in [4.78, 5) is 24.7. The molecule has 0 saturated heterocycles. The monoisotopic (exact) mass is 443 g/mol. The Balaban J connectivity index is 1.59. The van der Waals surface area contributed by atoms with Gasteiger partial charge in [-0.1, -0.05) is 53.6 Å². The van der Waals surface area contributed by atoms with Gasteiger partial charge in [-0.2, -0.15) is 5.10 Å². The zero-order chi connectivity index (χ0) is 22.5. The topological polar surface area (TPSA) is 73.2 Å². The summed E-state index contributed by atoms with van der Waals surface area (Å²) in [6, 6.07) is 13.3. The van der Waals surface area contributed by atoms with E-state index in [2.05, 4.69) is 10.4 Å². The Morgan fingerprint density at radius 3 is 2.42 bits per heavy atom. The molecule has 1 heterocycles. The molecule has 0 aliphatic carbocycles. The first kappa shape index (κ1) is 22.5. The average Bonchev–Trinajstić information content (AvgIpc) is 3.01. The number of halogens is 2. The van der Waals surface area contributed by atoms with Gasteiger partial charge < -0.3 is 10.1 Å². The van der Waals surface area contributed by atoms with Crippen molar-refractivity contribution in [2.24, 2.45) is 0 Å². The van der Waals surface area contributed by atoms with Crippen LogP contribution in [-0.2, 0) is 16.1 Å². The van der Waals surface area contributed by atoms with Gasteiger partial charge in [-0.25, -0.2) is 13.9 Å². The van der Waals surface area contributed by atoms with Crippen molar-refractivity contribution in [2.75, 3.05) is 6.61 Å². The molecule has 162 valence electrons. The van der Waals surface area contributed by atoms with Gasteiger partial charge in [-0.15, -0.1) is 0 Å². The highest BCUT2D eigenvalue weighted by Gasteiger charge is 2.23. The third-order valence-corrected chi connectivity index (χ3v) is 5.19. The fraction of sp³-hybridized carbons (Fsp3) is 0.261. The Hall–Kier alpha value is -3.19. The molecule has 0 fully saturated rings. The molecule has 1 atom stereocenters. The minimum atomic E-state index is -0.720. The second kappa shape index (κ2) is 9.75. The van der Waals surface area contributed by atoms with Crippen LogP contribution in [0.2, 0.25) is 5.15 Å². The number of ether oxygens (including phenoxy) is 1. The fourth-order valence-corrected chi connectivity index (χ4v) is 3.39. The van der Waals surface area contributed by atoms with Crippen molar-refractivity contribution in [1.82, 2.24) is 15.1 Å². The number of nitrogens with one attached hydrogen (secondary N) is 1. The van der Waals surface area contributed by atoms with Gasteiger partial charge in [-0.3, -0.25) is 4.79 Å². The zero-order valence-corrected chi connectivity index (χ0v) is 18.2. The van der Waals surface area contributed by atoms with Crippen molar-refractivity contribution in [3.63, 3.8) is 0 Å². The van der Waals surface area contributed by atoms with E-state index >= 15 is 0 Å². The second-order valence-electron chi connectivity index (χ2n) is 7.31. The summed E-state index contributed by atoms with van der Waals surface area (Å²) >= 11 is 6.37. The summed E-state index contributed by atoms with van der Waals surface area (Å²) in [5, 5.41) is 7.18. The molecule has 0 radical (unpaired) electrons. The van der Waals surface area contributed by atoms with E-state index in [9.17, 15) is 14.0 Å². The molecule has 0 aliphatic heterocycles. The predicted octanol–water partition coefficient (Wildman–Crippen LogP) is 4.37. The number of benzene rings is 2. The number of hydrogen-bond donors (Lipinski definition) is 1. The number of amides is 1. The van der Waals surface area contributed by atoms with Gasteiger partial charge in [0, 0.05) is 0 Å². The molecule has 3 rings (SSSR count). The Labute approximate surface area is 185 Å². The van der Waals surface area contributed by atoms with E-state index in [0.29, 0.717) is 12.2 Å². The average molecular weight is 444 g/mol. The molecule has 1 amide bonds. The number of esters is 1. The van der Waals surface area contributed by atoms with Gasteiger partial charge in [0.15, 0.2) is 6.61 Å². The fourth-order valence-electron chi connectivity index (χ4n) is 3.08. The van der Waals surface area contributed by atoms with E-state index in [1.54, 1.807) is 26.0 Å². The largest absolute Gasteiger partial charge is 0.452 e. The normalized spacial score (nSPS) is 11.8. The van der Waals surface area contributed by atoms with Gasteiger partial charge in [0.1, 0.15) is 16.5 Å². The molecule has 8 heteroatoms. The maximum atomic E-state index is 13.0. The number of rotatable bonds is 7. The summed E-state index contributed by atoms with van der Waals surface area (Å²) in [5.41, 5.74) is 3.42. The highest BCUT2D eigenvalue weighted by molar-refractivity contribution is 6.32. The number of nitrogens with zero attached hydrogens (tertiary/aromatic N) is 2. The molecule has 1 aromatic heterocycles. The molecule has 0 bridgehead atoms. The highest BCUT2D eigenvalue weighted by atomic mass is 35.5. The molecular weight excluding hydrogens is 421 g/mol. The van der Waals surface area contributed by atoms with E-state index in [0.717, 1.165) is 16.7 Å². The second-order valence-corrected chi connectivity index (χ2v) is 7.67. The van der Waals surface area contributed by atoms with Crippen LogP contribution in [-0.4, -0.2) is 28.3 Å². The van der Waals surface area contributed by atoms with Crippen molar-refractivity contribution in [3.05, 3.63) is 87.4 Å². The van der Waals surface area contributed by atoms with E-state index in [4.69, 9.17) is 16.3 Å². The maximum Gasteiger partial charge on any atom is 0.343 e. The van der Waals surface area contributed by atoms with Gasteiger partial charge in [0.25, 0.3) is 5.91 Å². The van der Waals surface area contributed by atoms with Crippen LogP contribution in [0.5, 0.6) is 0 Å². The van der Waals surface area contributed by atoms with Gasteiger partial charge >= 0.3 is 5.97 Å². The molecule has 0 aliphatic rings. The predicted molar refractivity (Wildman–Crippen MR) is 115 cm³/mol. The Kier molecular flexibility index (Phi) is 7.07. The van der Waals surface area contributed by atoms with Gasteiger partial charge in [-0.05, 0) is 44.0 Å². The quantitative estimate of drug-likeness (QED) is 0.550. The first-order chi connectivity index (χ1) is 14.7. The maximum absolute atomic E-state index is 13.0. The molecular formula is C23H23ClFN3O3. The summed E-state index contributed by atoms with van der Waals surface area (Å²) < 4.78 is 19.7. The lowest BCUT2D eigenvalue weighted by atomic mass is 10.1. The first-order valence-corrected chi connectivity index (χ1v) is 10.1. The van der Waals surface area contributed by atoms with E-state index in [-0.39, 0.29) is 22.6 Å². The lowest BCUT2D eigenvalue weighted by molar-refractivity contribution is -0.124. The Morgan fingerprint density at radius 1 is 1.13 bits per heavy atom. The van der Waals surface area contributed by atoms with Crippen molar-refractivity contribution in [3.8, 4) is 0 Å². The van der Waals surface area contributed by atoms with Crippen LogP contribution in [0.15, 0.2) is 48.5 Å². The van der Waals surface area contributed by atoms with E-state index in [1.165, 1.54) is 16.8 Å². The number of aromatic nitrogens is 2. The molecule has 3 aromatic rings. The third-order valence-electron chi connectivity index (χ3n) is 4.80. The minimum absolute atomic E-state index is 0.133. The number of aryl methyl sites for hydroxylation is 2. The SMILES string of the molecule is Cc1ccc(Cn2nc(C)c(C(=O)OCC(=O)NC(C)c3ccc(F)cc3)c2Cl)cc1. The highest BCUT2D eigenvalue weighted by Crippen LogP contribution is 2.22. The minimum Gasteiger partial charge on any atom is -0.452 e. The summed E-state index contributed by atoms with van der Waals surface area (Å²) in [5.74, 6) is -1.56. The van der Waals surface area contributed by atoms with Gasteiger partial charge in [0.05, 0.1) is 18.3 Å². The van der Waals surface area contributed by atoms with Crippen LogP contribution in [0.4, 0.5) is 4.39 Å². The van der Waals surface area contributed by atoms with E-state index in [1.807, 2.05) is 31.2 Å². The lowest BCUT2D eigenvalue weighted by Crippen LogP contribution is -2.31. The molecule has 1 N–H and O–H groups in total. The summed E-state index contributed by atoms with van der Waals surface area (Å²) in [6.07, 6.45) is 0. The van der Waals surface area contributed by atoms with Crippen LogP contribution in [0.3, 0.4) is 0 Å². The van der Waals surface area contributed by atoms with Crippen LogP contribution < -0.4 is 5.32 Å². The smallest absolute Gasteiger partial charge is 0.343 e. The molecule has 6 nitrogen and oxygen atoms in total. The van der Waals surface area contributed by atoms with E-state index < -0.39 is 18.5 Å². The molecule has 0 spiro atoms. The summed E-state index contributed by atoms with van der Waals surface area (Å²) in [6.45, 7) is 5.35.